The van der Waals surface area contributed by atoms with E-state index in [-0.39, 0.29) is 35.7 Å². The standard InChI is InChI=1S/C14H21NO5S/c1-10(16)6-8-21-11-9-12(17)15(14(11)20)7-4-2-3-5-13(18)19/h11H,2-9H2,1H3,(H,18,19). The number of likely N-dealkylation sites (tertiary alicyclic amines) is 1. The molecule has 7 heteroatoms. The van der Waals surface area contributed by atoms with E-state index in [4.69, 9.17) is 5.11 Å². The van der Waals surface area contributed by atoms with Crippen LogP contribution in [0.25, 0.3) is 0 Å². The number of carbonyl (C=O) groups is 4. The zero-order valence-electron chi connectivity index (χ0n) is 12.2. The van der Waals surface area contributed by atoms with Gasteiger partial charge in [0.15, 0.2) is 0 Å². The number of carboxylic acids is 1. The Morgan fingerprint density at radius 2 is 1.95 bits per heavy atom. The van der Waals surface area contributed by atoms with Crippen molar-refractivity contribution < 1.29 is 24.3 Å². The summed E-state index contributed by atoms with van der Waals surface area (Å²) in [5, 5.41) is 8.15. The fraction of sp³-hybridized carbons (Fsp3) is 0.714. The molecule has 118 valence electrons. The van der Waals surface area contributed by atoms with Crippen molar-refractivity contribution in [2.24, 2.45) is 0 Å². The third-order valence-corrected chi connectivity index (χ3v) is 4.46. The van der Waals surface area contributed by atoms with Gasteiger partial charge in [0, 0.05) is 31.6 Å². The topological polar surface area (TPSA) is 91.8 Å². The molecule has 2 amide bonds. The lowest BCUT2D eigenvalue weighted by atomic mass is 10.2. The number of thioether (sulfide) groups is 1. The molecule has 0 aliphatic carbocycles. The average molecular weight is 315 g/mol. The Morgan fingerprint density at radius 3 is 2.57 bits per heavy atom. The van der Waals surface area contributed by atoms with Crippen molar-refractivity contribution in [3.05, 3.63) is 0 Å². The summed E-state index contributed by atoms with van der Waals surface area (Å²) in [5.74, 6) is -0.531. The van der Waals surface area contributed by atoms with Crippen LogP contribution in [0.15, 0.2) is 0 Å². The Balaban J connectivity index is 2.28. The zero-order chi connectivity index (χ0) is 15.8. The highest BCUT2D eigenvalue weighted by molar-refractivity contribution is 8.00. The third kappa shape index (κ3) is 6.29. The van der Waals surface area contributed by atoms with E-state index < -0.39 is 5.97 Å². The van der Waals surface area contributed by atoms with Crippen LogP contribution in [0.2, 0.25) is 0 Å². The zero-order valence-corrected chi connectivity index (χ0v) is 13.0. The summed E-state index contributed by atoms with van der Waals surface area (Å²) < 4.78 is 0. The van der Waals surface area contributed by atoms with E-state index in [1.165, 1.54) is 23.6 Å². The molecule has 1 fully saturated rings. The van der Waals surface area contributed by atoms with Crippen molar-refractivity contribution in [1.82, 2.24) is 4.90 Å². The molecule has 1 N–H and O–H groups in total. The van der Waals surface area contributed by atoms with Gasteiger partial charge in [-0.2, -0.15) is 0 Å². The molecule has 21 heavy (non-hydrogen) atoms. The van der Waals surface area contributed by atoms with E-state index in [1.54, 1.807) is 0 Å². The SMILES string of the molecule is CC(=O)CCSC1CC(=O)N(CCCCCC(=O)O)C1=O. The normalized spacial score (nSPS) is 18.3. The number of nitrogens with zero attached hydrogens (tertiary/aromatic N) is 1. The van der Waals surface area contributed by atoms with Gasteiger partial charge in [-0.05, 0) is 19.8 Å². The van der Waals surface area contributed by atoms with E-state index in [0.717, 1.165) is 0 Å². The van der Waals surface area contributed by atoms with Crippen LogP contribution in [0.1, 0.15) is 45.4 Å². The number of aliphatic carboxylic acids is 1. The molecule has 6 nitrogen and oxygen atoms in total. The van der Waals surface area contributed by atoms with Crippen LogP contribution < -0.4 is 0 Å². The van der Waals surface area contributed by atoms with Crippen LogP contribution in [-0.4, -0.2) is 51.1 Å². The molecule has 0 aromatic heterocycles. The summed E-state index contributed by atoms with van der Waals surface area (Å²) >= 11 is 1.37. The second-order valence-electron chi connectivity index (χ2n) is 5.10. The van der Waals surface area contributed by atoms with Crippen molar-refractivity contribution in [2.75, 3.05) is 12.3 Å². The number of hydrogen-bond acceptors (Lipinski definition) is 5. The molecule has 0 spiro atoms. The number of unbranched alkanes of at least 4 members (excludes halogenated alkanes) is 2. The number of carbonyl (C=O) groups excluding carboxylic acids is 3. The Bertz CT molecular complexity index is 424. The maximum absolute atomic E-state index is 12.1. The molecule has 1 saturated heterocycles. The molecular formula is C14H21NO5S. The van der Waals surface area contributed by atoms with Crippen LogP contribution >= 0.6 is 11.8 Å². The predicted molar refractivity (Wildman–Crippen MR) is 79.0 cm³/mol. The molecule has 0 aromatic carbocycles. The first-order valence-corrected chi connectivity index (χ1v) is 8.13. The molecule has 0 bridgehead atoms. The maximum Gasteiger partial charge on any atom is 0.303 e. The Morgan fingerprint density at radius 1 is 1.24 bits per heavy atom. The van der Waals surface area contributed by atoms with Gasteiger partial charge in [-0.15, -0.1) is 11.8 Å². The summed E-state index contributed by atoms with van der Waals surface area (Å²) in [5.41, 5.74) is 0. The number of hydrogen-bond donors (Lipinski definition) is 1. The smallest absolute Gasteiger partial charge is 0.303 e. The monoisotopic (exact) mass is 315 g/mol. The Hall–Kier alpha value is -1.37. The minimum atomic E-state index is -0.828. The van der Waals surface area contributed by atoms with E-state index in [9.17, 15) is 19.2 Å². The lowest BCUT2D eigenvalue weighted by Crippen LogP contribution is -2.32. The number of imide groups is 1. The van der Waals surface area contributed by atoms with E-state index in [0.29, 0.717) is 38.0 Å². The molecule has 1 unspecified atom stereocenters. The van der Waals surface area contributed by atoms with E-state index in [1.807, 2.05) is 0 Å². The minimum absolute atomic E-state index is 0.0783. The van der Waals surface area contributed by atoms with Gasteiger partial charge in [0.05, 0.1) is 5.25 Å². The quantitative estimate of drug-likeness (QED) is 0.485. The molecule has 1 heterocycles. The van der Waals surface area contributed by atoms with Crippen LogP contribution in [0.4, 0.5) is 0 Å². The van der Waals surface area contributed by atoms with Crippen molar-refractivity contribution >= 4 is 35.3 Å². The van der Waals surface area contributed by atoms with E-state index >= 15 is 0 Å². The van der Waals surface area contributed by atoms with Crippen molar-refractivity contribution in [3.8, 4) is 0 Å². The summed E-state index contributed by atoms with van der Waals surface area (Å²) in [6.07, 6.45) is 2.61. The van der Waals surface area contributed by atoms with Gasteiger partial charge < -0.3 is 5.11 Å². The summed E-state index contributed by atoms with van der Waals surface area (Å²) in [6, 6.07) is 0. The molecule has 1 atom stereocenters. The van der Waals surface area contributed by atoms with Gasteiger partial charge in [0.2, 0.25) is 11.8 Å². The first-order chi connectivity index (χ1) is 9.91. The van der Waals surface area contributed by atoms with Crippen molar-refractivity contribution in [1.29, 1.82) is 0 Å². The second kappa shape index (κ2) is 8.81. The highest BCUT2D eigenvalue weighted by Gasteiger charge is 2.38. The minimum Gasteiger partial charge on any atom is -0.481 e. The van der Waals surface area contributed by atoms with E-state index in [2.05, 4.69) is 0 Å². The Kier molecular flexibility index (Phi) is 7.42. The third-order valence-electron chi connectivity index (χ3n) is 3.25. The van der Waals surface area contributed by atoms with Gasteiger partial charge in [0.1, 0.15) is 5.78 Å². The van der Waals surface area contributed by atoms with Crippen molar-refractivity contribution in [2.45, 2.75) is 50.7 Å². The highest BCUT2D eigenvalue weighted by Crippen LogP contribution is 2.26. The van der Waals surface area contributed by atoms with Gasteiger partial charge in [-0.3, -0.25) is 24.1 Å². The number of Topliss-reactive ketones (excluding diaryl/α,β-unsaturated/α-hetero) is 1. The molecule has 0 radical (unpaired) electrons. The van der Waals surface area contributed by atoms with Crippen molar-refractivity contribution in [3.63, 3.8) is 0 Å². The molecule has 1 aliphatic heterocycles. The van der Waals surface area contributed by atoms with Gasteiger partial charge in [0.25, 0.3) is 0 Å². The molecule has 0 aromatic rings. The summed E-state index contributed by atoms with van der Waals surface area (Å²) in [6.45, 7) is 1.87. The fourth-order valence-electron chi connectivity index (χ4n) is 2.09. The number of carboxylic acid groups (broad SMARTS) is 1. The number of rotatable bonds is 10. The Labute approximate surface area is 128 Å². The van der Waals surface area contributed by atoms with Gasteiger partial charge in [-0.25, -0.2) is 0 Å². The maximum atomic E-state index is 12.1. The number of amides is 2. The van der Waals surface area contributed by atoms with Crippen LogP contribution in [0, 0.1) is 0 Å². The largest absolute Gasteiger partial charge is 0.481 e. The number of ketones is 1. The lowest BCUT2D eigenvalue weighted by Gasteiger charge is -2.14. The van der Waals surface area contributed by atoms with Gasteiger partial charge in [-0.1, -0.05) is 6.42 Å². The second-order valence-corrected chi connectivity index (χ2v) is 6.41. The average Bonchev–Trinajstić information content (AvgIpc) is 2.65. The van der Waals surface area contributed by atoms with Gasteiger partial charge >= 0.3 is 5.97 Å². The fourth-order valence-corrected chi connectivity index (χ4v) is 3.31. The van der Waals surface area contributed by atoms with Crippen LogP contribution in [0.5, 0.6) is 0 Å². The van der Waals surface area contributed by atoms with Crippen LogP contribution in [0.3, 0.4) is 0 Å². The van der Waals surface area contributed by atoms with Crippen LogP contribution in [-0.2, 0) is 19.2 Å². The lowest BCUT2D eigenvalue weighted by molar-refractivity contribution is -0.139. The summed E-state index contributed by atoms with van der Waals surface area (Å²) in [7, 11) is 0. The molecule has 0 saturated carbocycles. The molecule has 1 aliphatic rings. The first-order valence-electron chi connectivity index (χ1n) is 7.09. The predicted octanol–water partition coefficient (Wildman–Crippen LogP) is 1.47. The summed E-state index contributed by atoms with van der Waals surface area (Å²) in [4.78, 5) is 46.4. The molecule has 1 rings (SSSR count). The highest BCUT2D eigenvalue weighted by atomic mass is 32.2. The molecular weight excluding hydrogens is 294 g/mol. The first kappa shape index (κ1) is 17.7.